The highest BCUT2D eigenvalue weighted by Gasteiger charge is 2.35. The van der Waals surface area contributed by atoms with Crippen LogP contribution in [-0.2, 0) is 16.8 Å². The van der Waals surface area contributed by atoms with Crippen molar-refractivity contribution in [3.05, 3.63) is 71.3 Å². The topological polar surface area (TPSA) is 43.9 Å². The van der Waals surface area contributed by atoms with Gasteiger partial charge in [0.05, 0.1) is 5.41 Å². The Balaban J connectivity index is 1.30. The van der Waals surface area contributed by atoms with E-state index in [0.29, 0.717) is 0 Å². The predicted octanol–water partition coefficient (Wildman–Crippen LogP) is 3.54. The fourth-order valence-corrected chi connectivity index (χ4v) is 4.60. The van der Waals surface area contributed by atoms with Gasteiger partial charge in [-0.1, -0.05) is 42.5 Å². The molecule has 2 aromatic carbocycles. The summed E-state index contributed by atoms with van der Waals surface area (Å²) in [6, 6.07) is 18.1. The Morgan fingerprint density at radius 2 is 1.39 bits per heavy atom. The number of rotatable bonds is 5. The van der Waals surface area contributed by atoms with Crippen LogP contribution in [0.15, 0.2) is 54.6 Å². The second kappa shape index (κ2) is 9.23. The van der Waals surface area contributed by atoms with E-state index in [4.69, 9.17) is 0 Å². The van der Waals surface area contributed by atoms with Crippen molar-refractivity contribution in [1.29, 1.82) is 0 Å². The van der Waals surface area contributed by atoms with Crippen LogP contribution in [0.25, 0.3) is 0 Å². The number of carbonyl (C=O) groups is 2. The standard InChI is InChI=1S/C26H33N3O2/c1-26(2,23-8-4-3-5-9-23)25(31)29-18-16-27(17-19-29)20-21-10-12-22(13-11-21)24(30)28-14-6-7-15-28/h3-5,8-13H,6-7,14-20H2,1-2H3. The molecule has 0 N–H and O–H groups in total. The quantitative estimate of drug-likeness (QED) is 0.745. The Morgan fingerprint density at radius 1 is 0.774 bits per heavy atom. The Morgan fingerprint density at radius 3 is 2.00 bits per heavy atom. The SMILES string of the molecule is CC(C)(C(=O)N1CCN(Cc2ccc(C(=O)N3CCCC3)cc2)CC1)c1ccccc1. The molecule has 0 saturated carbocycles. The molecule has 2 heterocycles. The Labute approximate surface area is 185 Å². The van der Waals surface area contributed by atoms with E-state index in [1.54, 1.807) is 0 Å². The molecule has 2 aromatic rings. The maximum Gasteiger partial charge on any atom is 0.253 e. The van der Waals surface area contributed by atoms with Gasteiger partial charge in [-0.05, 0) is 49.9 Å². The highest BCUT2D eigenvalue weighted by Crippen LogP contribution is 2.26. The molecule has 31 heavy (non-hydrogen) atoms. The Bertz CT molecular complexity index is 894. The van der Waals surface area contributed by atoms with Crippen LogP contribution < -0.4 is 0 Å². The number of benzene rings is 2. The lowest BCUT2D eigenvalue weighted by atomic mass is 9.83. The summed E-state index contributed by atoms with van der Waals surface area (Å²) in [4.78, 5) is 32.0. The minimum absolute atomic E-state index is 0.150. The molecule has 164 valence electrons. The van der Waals surface area contributed by atoms with Crippen molar-refractivity contribution < 1.29 is 9.59 Å². The monoisotopic (exact) mass is 419 g/mol. The summed E-state index contributed by atoms with van der Waals surface area (Å²) in [5.74, 6) is 0.348. The van der Waals surface area contributed by atoms with E-state index in [-0.39, 0.29) is 11.8 Å². The van der Waals surface area contributed by atoms with Crippen LogP contribution in [0.3, 0.4) is 0 Å². The third-order valence-electron chi connectivity index (χ3n) is 6.69. The van der Waals surface area contributed by atoms with Crippen LogP contribution in [0.5, 0.6) is 0 Å². The maximum absolute atomic E-state index is 13.2. The van der Waals surface area contributed by atoms with E-state index in [9.17, 15) is 9.59 Å². The lowest BCUT2D eigenvalue weighted by molar-refractivity contribution is -0.138. The van der Waals surface area contributed by atoms with Crippen LogP contribution in [-0.4, -0.2) is 65.8 Å². The molecular weight excluding hydrogens is 386 g/mol. The Kier molecular flexibility index (Phi) is 6.42. The molecule has 2 aliphatic heterocycles. The first-order valence-corrected chi connectivity index (χ1v) is 11.4. The number of nitrogens with zero attached hydrogens (tertiary/aromatic N) is 3. The van der Waals surface area contributed by atoms with Gasteiger partial charge in [0, 0.05) is 51.4 Å². The van der Waals surface area contributed by atoms with Gasteiger partial charge in [0.15, 0.2) is 0 Å². The molecule has 2 fully saturated rings. The number of amides is 2. The molecule has 0 unspecified atom stereocenters. The summed E-state index contributed by atoms with van der Waals surface area (Å²) in [5, 5.41) is 0. The predicted molar refractivity (Wildman–Crippen MR) is 123 cm³/mol. The van der Waals surface area contributed by atoms with E-state index in [2.05, 4.69) is 17.0 Å². The summed E-state index contributed by atoms with van der Waals surface area (Å²) in [7, 11) is 0. The van der Waals surface area contributed by atoms with Crippen LogP contribution in [0.4, 0.5) is 0 Å². The average molecular weight is 420 g/mol. The molecule has 2 aliphatic rings. The van der Waals surface area contributed by atoms with Crippen molar-refractivity contribution in [3.8, 4) is 0 Å². The van der Waals surface area contributed by atoms with Gasteiger partial charge in [0.2, 0.25) is 5.91 Å². The first-order chi connectivity index (χ1) is 14.9. The minimum Gasteiger partial charge on any atom is -0.339 e. The van der Waals surface area contributed by atoms with Crippen molar-refractivity contribution in [1.82, 2.24) is 14.7 Å². The Hall–Kier alpha value is -2.66. The molecule has 0 bridgehead atoms. The van der Waals surface area contributed by atoms with Crippen molar-refractivity contribution >= 4 is 11.8 Å². The van der Waals surface area contributed by atoms with Crippen LogP contribution >= 0.6 is 0 Å². The van der Waals surface area contributed by atoms with Crippen molar-refractivity contribution in [2.45, 2.75) is 38.6 Å². The highest BCUT2D eigenvalue weighted by atomic mass is 16.2. The summed E-state index contributed by atoms with van der Waals surface area (Å²) < 4.78 is 0. The first kappa shape index (κ1) is 21.6. The van der Waals surface area contributed by atoms with Crippen LogP contribution in [0.2, 0.25) is 0 Å². The van der Waals surface area contributed by atoms with Crippen molar-refractivity contribution in [2.75, 3.05) is 39.3 Å². The fourth-order valence-electron chi connectivity index (χ4n) is 4.60. The molecule has 0 spiro atoms. The van der Waals surface area contributed by atoms with Crippen LogP contribution in [0.1, 0.15) is 48.2 Å². The van der Waals surface area contributed by atoms with E-state index >= 15 is 0 Å². The molecule has 0 radical (unpaired) electrons. The summed E-state index contributed by atoms with van der Waals surface area (Å²) >= 11 is 0. The minimum atomic E-state index is -0.513. The van der Waals surface area contributed by atoms with Gasteiger partial charge in [0.25, 0.3) is 5.91 Å². The third-order valence-corrected chi connectivity index (χ3v) is 6.69. The van der Waals surface area contributed by atoms with Gasteiger partial charge in [-0.15, -0.1) is 0 Å². The largest absolute Gasteiger partial charge is 0.339 e. The smallest absolute Gasteiger partial charge is 0.253 e. The van der Waals surface area contributed by atoms with Gasteiger partial charge >= 0.3 is 0 Å². The number of hydrogen-bond acceptors (Lipinski definition) is 3. The zero-order chi connectivity index (χ0) is 21.8. The molecular formula is C26H33N3O2. The molecule has 5 nitrogen and oxygen atoms in total. The second-order valence-corrected chi connectivity index (χ2v) is 9.26. The molecule has 2 saturated heterocycles. The molecule has 0 aromatic heterocycles. The van der Waals surface area contributed by atoms with Gasteiger partial charge in [0.1, 0.15) is 0 Å². The maximum atomic E-state index is 13.2. The lowest BCUT2D eigenvalue weighted by Crippen LogP contribution is -2.52. The van der Waals surface area contributed by atoms with Gasteiger partial charge in [-0.2, -0.15) is 0 Å². The first-order valence-electron chi connectivity index (χ1n) is 11.4. The number of hydrogen-bond donors (Lipinski definition) is 0. The third kappa shape index (κ3) is 4.82. The molecule has 5 heteroatoms. The van der Waals surface area contributed by atoms with Crippen molar-refractivity contribution in [2.24, 2.45) is 0 Å². The van der Waals surface area contributed by atoms with E-state index in [1.807, 2.05) is 66.1 Å². The zero-order valence-electron chi connectivity index (χ0n) is 18.7. The van der Waals surface area contributed by atoms with E-state index in [0.717, 1.165) is 69.8 Å². The summed E-state index contributed by atoms with van der Waals surface area (Å²) in [6.07, 6.45) is 2.22. The second-order valence-electron chi connectivity index (χ2n) is 9.26. The molecule has 0 atom stereocenters. The fraction of sp³-hybridized carbons (Fsp3) is 0.462. The van der Waals surface area contributed by atoms with E-state index in [1.165, 1.54) is 5.56 Å². The van der Waals surface area contributed by atoms with Gasteiger partial charge in [-0.25, -0.2) is 0 Å². The average Bonchev–Trinajstić information content (AvgIpc) is 3.35. The van der Waals surface area contributed by atoms with E-state index < -0.39 is 5.41 Å². The summed E-state index contributed by atoms with van der Waals surface area (Å²) in [5.41, 5.74) is 2.54. The number of likely N-dealkylation sites (tertiary alicyclic amines) is 1. The highest BCUT2D eigenvalue weighted by molar-refractivity contribution is 5.94. The molecule has 4 rings (SSSR count). The van der Waals surface area contributed by atoms with Gasteiger partial charge in [-0.3, -0.25) is 14.5 Å². The van der Waals surface area contributed by atoms with Gasteiger partial charge < -0.3 is 9.80 Å². The molecule has 0 aliphatic carbocycles. The molecule has 2 amide bonds. The number of carbonyl (C=O) groups excluding carboxylic acids is 2. The number of piperazine rings is 1. The normalized spacial score (nSPS) is 17.7. The van der Waals surface area contributed by atoms with Crippen LogP contribution in [0, 0.1) is 0 Å². The summed E-state index contributed by atoms with van der Waals surface area (Å²) in [6.45, 7) is 9.87. The van der Waals surface area contributed by atoms with Crippen molar-refractivity contribution in [3.63, 3.8) is 0 Å². The zero-order valence-corrected chi connectivity index (χ0v) is 18.7. The lowest BCUT2D eigenvalue weighted by Gasteiger charge is -2.38.